The van der Waals surface area contributed by atoms with E-state index in [1.807, 2.05) is 22.6 Å². The maximum atomic E-state index is 16.0. The highest BCUT2D eigenvalue weighted by Gasteiger charge is 2.62. The normalized spacial score (nSPS) is 34.4. The Kier molecular flexibility index (Phi) is 8.56. The zero-order valence-electron chi connectivity index (χ0n) is 30.8. The number of nitrogens with zero attached hydrogens (tertiary/aromatic N) is 3. The number of aromatic nitrogens is 1. The fourth-order valence-corrected chi connectivity index (χ4v) is 11.1. The minimum Gasteiger partial charge on any atom is -0.492 e. The maximum absolute atomic E-state index is 16.0. The van der Waals surface area contributed by atoms with Crippen molar-refractivity contribution in [2.75, 3.05) is 45.3 Å². The number of benzene rings is 1. The van der Waals surface area contributed by atoms with Crippen molar-refractivity contribution in [2.24, 2.45) is 34.5 Å². The van der Waals surface area contributed by atoms with Gasteiger partial charge in [0.25, 0.3) is 0 Å². The van der Waals surface area contributed by atoms with E-state index in [1.165, 1.54) is 19.4 Å². The number of allylic oxidation sites excluding steroid dienone is 4. The van der Waals surface area contributed by atoms with E-state index >= 15 is 4.39 Å². The molecule has 2 aromatic rings. The number of likely N-dealkylation sites (N-methyl/N-ethyl adjacent to an activating group) is 1. The number of esters is 1. The lowest BCUT2D eigenvalue weighted by molar-refractivity contribution is -0.141. The second-order valence-corrected chi connectivity index (χ2v) is 16.9. The number of ketones is 2. The highest BCUT2D eigenvalue weighted by molar-refractivity contribution is 6.01. The van der Waals surface area contributed by atoms with Gasteiger partial charge in [0.05, 0.1) is 24.1 Å². The highest BCUT2D eigenvalue weighted by atomic mass is 19.1. The van der Waals surface area contributed by atoms with Crippen LogP contribution in [0.3, 0.4) is 0 Å². The molecule has 11 heteroatoms. The average Bonchev–Trinajstić information content (AvgIpc) is 3.89. The lowest BCUT2D eigenvalue weighted by Crippen LogP contribution is -2.56. The first-order valence-corrected chi connectivity index (χ1v) is 19.0. The Bertz CT molecular complexity index is 1980. The molecule has 278 valence electrons. The van der Waals surface area contributed by atoms with Crippen molar-refractivity contribution in [1.29, 1.82) is 0 Å². The molecule has 4 saturated carbocycles. The number of fused-ring (bicyclic) bond motifs is 6. The predicted molar refractivity (Wildman–Crippen MR) is 194 cm³/mol. The third kappa shape index (κ3) is 5.39. The molecule has 8 rings (SSSR count). The van der Waals surface area contributed by atoms with Gasteiger partial charge in [0.15, 0.2) is 29.7 Å². The van der Waals surface area contributed by atoms with Gasteiger partial charge < -0.3 is 28.9 Å². The summed E-state index contributed by atoms with van der Waals surface area (Å²) < 4.78 is 29.3. The van der Waals surface area contributed by atoms with E-state index in [4.69, 9.17) is 9.47 Å². The number of Topliss-reactive ketones (excluding diaryl/α,β-unsaturated/α-hetero) is 1. The second kappa shape index (κ2) is 12.6. The summed E-state index contributed by atoms with van der Waals surface area (Å²) in [5.74, 6) is -1.46. The van der Waals surface area contributed by atoms with E-state index in [-0.39, 0.29) is 63.5 Å². The molecule has 1 aromatic carbocycles. The molecule has 1 saturated heterocycles. The molecule has 8 atom stereocenters. The number of halogens is 1. The van der Waals surface area contributed by atoms with Gasteiger partial charge in [0, 0.05) is 55.2 Å². The molecule has 0 spiro atoms. The van der Waals surface area contributed by atoms with Crippen LogP contribution in [0.2, 0.25) is 0 Å². The van der Waals surface area contributed by atoms with E-state index in [0.29, 0.717) is 37.1 Å². The van der Waals surface area contributed by atoms with Crippen LogP contribution < -0.4 is 15.1 Å². The SMILES string of the molecule is COc1c(N2CCN(C)C(C)C2)c(F)cc2c(=O)c(C(=O)OCC(=O)C3CCC4C5CCC6=CC(=O)C=CC6(C)C5C(O)CC34C)cn(C3CC3)c12. The van der Waals surface area contributed by atoms with Gasteiger partial charge in [-0.1, -0.05) is 25.5 Å². The van der Waals surface area contributed by atoms with Crippen molar-refractivity contribution in [3.63, 3.8) is 0 Å². The van der Waals surface area contributed by atoms with Gasteiger partial charge in [-0.25, -0.2) is 9.18 Å². The van der Waals surface area contributed by atoms with Gasteiger partial charge in [-0.2, -0.15) is 0 Å². The highest BCUT2D eigenvalue weighted by Crippen LogP contribution is 2.66. The summed E-state index contributed by atoms with van der Waals surface area (Å²) in [6.45, 7) is 7.78. The number of anilines is 1. The molecule has 0 bridgehead atoms. The van der Waals surface area contributed by atoms with Crippen LogP contribution in [0.1, 0.15) is 82.1 Å². The molecule has 8 unspecified atom stereocenters. The van der Waals surface area contributed by atoms with Gasteiger partial charge in [-0.15, -0.1) is 0 Å². The third-order valence-corrected chi connectivity index (χ3v) is 14.1. The van der Waals surface area contributed by atoms with Gasteiger partial charge >= 0.3 is 5.97 Å². The topological polar surface area (TPSA) is 118 Å². The minimum absolute atomic E-state index is 0.00536. The van der Waals surface area contributed by atoms with Gasteiger partial charge in [-0.3, -0.25) is 14.4 Å². The quantitative estimate of drug-likeness (QED) is 0.384. The number of ether oxygens (including phenoxy) is 2. The lowest BCUT2D eigenvalue weighted by atomic mass is 9.46. The Morgan fingerprint density at radius 1 is 1.10 bits per heavy atom. The number of pyridine rings is 1. The van der Waals surface area contributed by atoms with Crippen molar-refractivity contribution in [3.8, 4) is 5.75 Å². The molecule has 1 aliphatic heterocycles. The Morgan fingerprint density at radius 2 is 1.87 bits per heavy atom. The number of carbonyl (C=O) groups excluding carboxylic acids is 3. The molecule has 0 amide bonds. The van der Waals surface area contributed by atoms with Crippen molar-refractivity contribution in [1.82, 2.24) is 9.47 Å². The number of hydrogen-bond donors (Lipinski definition) is 1. The molecule has 5 aliphatic carbocycles. The van der Waals surface area contributed by atoms with Crippen molar-refractivity contribution < 1.29 is 33.4 Å². The second-order valence-electron chi connectivity index (χ2n) is 16.9. The molecule has 5 fully saturated rings. The molecule has 2 heterocycles. The standard InChI is InChI=1S/C41H50FN3O7/c1-22-19-44(15-14-43(22)4)36-31(42)17-27-35(38(36)51-5)45(24-7-8-24)20-28(37(27)49)39(50)52-21-33(48)30-11-10-29-26-9-6-23-16-25(46)12-13-40(23,2)34(26)32(47)18-41(29,30)3/h12-13,16-17,20,22,24,26,29-30,32,34,47H,6-11,14-15,18-19,21H2,1-5H3. The summed E-state index contributed by atoms with van der Waals surface area (Å²) in [5.41, 5.74) is 0.106. The molecule has 10 nitrogen and oxygen atoms in total. The number of rotatable bonds is 7. The number of piperazine rings is 1. The van der Waals surface area contributed by atoms with Crippen LogP contribution in [0, 0.1) is 40.3 Å². The fraction of sp³-hybridized carbons (Fsp3) is 0.610. The summed E-state index contributed by atoms with van der Waals surface area (Å²) in [7, 11) is 3.52. The first kappa shape index (κ1) is 35.2. The number of aliphatic hydroxyl groups is 1. The van der Waals surface area contributed by atoms with Crippen LogP contribution in [0.25, 0.3) is 10.9 Å². The monoisotopic (exact) mass is 715 g/mol. The third-order valence-electron chi connectivity index (χ3n) is 14.1. The molecule has 1 N–H and O–H groups in total. The Hall–Kier alpha value is -3.83. The molecule has 1 aromatic heterocycles. The van der Waals surface area contributed by atoms with Crippen LogP contribution in [0.5, 0.6) is 5.75 Å². The molecular formula is C41H50FN3O7. The van der Waals surface area contributed by atoms with E-state index in [1.54, 1.807) is 12.2 Å². The zero-order valence-corrected chi connectivity index (χ0v) is 30.8. The summed E-state index contributed by atoms with van der Waals surface area (Å²) >= 11 is 0. The van der Waals surface area contributed by atoms with Crippen LogP contribution in [-0.2, 0) is 14.3 Å². The Labute approximate surface area is 303 Å². The van der Waals surface area contributed by atoms with E-state index < -0.39 is 41.3 Å². The molecule has 52 heavy (non-hydrogen) atoms. The summed E-state index contributed by atoms with van der Waals surface area (Å²) in [6, 6.07) is 1.43. The van der Waals surface area contributed by atoms with Crippen molar-refractivity contribution in [3.05, 3.63) is 57.7 Å². The predicted octanol–water partition coefficient (Wildman–Crippen LogP) is 5.25. The van der Waals surface area contributed by atoms with Crippen LogP contribution >= 0.6 is 0 Å². The van der Waals surface area contributed by atoms with Gasteiger partial charge in [0.1, 0.15) is 11.3 Å². The van der Waals surface area contributed by atoms with E-state index in [9.17, 15) is 24.3 Å². The molecular weight excluding hydrogens is 665 g/mol. The Morgan fingerprint density at radius 3 is 2.58 bits per heavy atom. The van der Waals surface area contributed by atoms with Crippen LogP contribution in [0.15, 0.2) is 40.9 Å². The molecule has 6 aliphatic rings. The van der Waals surface area contributed by atoms with Gasteiger partial charge in [-0.05, 0) is 94.4 Å². The zero-order chi connectivity index (χ0) is 36.9. The maximum Gasteiger partial charge on any atom is 0.344 e. The fourth-order valence-electron chi connectivity index (χ4n) is 11.1. The number of hydrogen-bond acceptors (Lipinski definition) is 9. The summed E-state index contributed by atoms with van der Waals surface area (Å²) in [6.07, 6.45) is 11.4. The number of methoxy groups -OCH3 is 1. The first-order valence-electron chi connectivity index (χ1n) is 19.0. The van der Waals surface area contributed by atoms with E-state index in [0.717, 1.165) is 44.2 Å². The van der Waals surface area contributed by atoms with E-state index in [2.05, 4.69) is 25.7 Å². The summed E-state index contributed by atoms with van der Waals surface area (Å²) in [4.78, 5) is 57.8. The summed E-state index contributed by atoms with van der Waals surface area (Å²) in [5, 5.41) is 11.7. The largest absolute Gasteiger partial charge is 0.492 e. The van der Waals surface area contributed by atoms with Gasteiger partial charge in [0.2, 0.25) is 5.43 Å². The smallest absolute Gasteiger partial charge is 0.344 e. The number of carbonyl (C=O) groups is 3. The van der Waals surface area contributed by atoms with Crippen LogP contribution in [-0.4, -0.2) is 84.7 Å². The average molecular weight is 716 g/mol. The number of aliphatic hydroxyl groups excluding tert-OH is 1. The van der Waals surface area contributed by atoms with Crippen molar-refractivity contribution >= 4 is 34.1 Å². The minimum atomic E-state index is -0.910. The lowest BCUT2D eigenvalue weighted by Gasteiger charge is -2.58. The first-order chi connectivity index (χ1) is 24.8. The van der Waals surface area contributed by atoms with Crippen molar-refractivity contribution in [2.45, 2.75) is 83.9 Å². The molecule has 0 radical (unpaired) electrons. The Balaban J connectivity index is 1.03. The van der Waals surface area contributed by atoms with Crippen LogP contribution in [0.4, 0.5) is 10.1 Å².